The normalized spacial score (nSPS) is 14.5. The van der Waals surface area contributed by atoms with E-state index in [9.17, 15) is 18.0 Å². The van der Waals surface area contributed by atoms with Crippen molar-refractivity contribution in [1.29, 1.82) is 0 Å². The third-order valence-electron chi connectivity index (χ3n) is 5.20. The number of amides is 1. The van der Waals surface area contributed by atoms with Gasteiger partial charge in [-0.15, -0.1) is 11.3 Å². The van der Waals surface area contributed by atoms with E-state index in [0.717, 1.165) is 17.2 Å². The molecule has 4 rings (SSSR count). The molecule has 0 atom stereocenters. The van der Waals surface area contributed by atoms with Gasteiger partial charge in [-0.3, -0.25) is 10.1 Å². The molecule has 3 aromatic rings. The van der Waals surface area contributed by atoms with E-state index in [2.05, 4.69) is 10.3 Å². The first-order valence-corrected chi connectivity index (χ1v) is 13.3. The fourth-order valence-corrected chi connectivity index (χ4v) is 5.67. The summed E-state index contributed by atoms with van der Waals surface area (Å²) in [5.74, 6) is -1.50. The molecule has 0 radical (unpaired) electrons. The van der Waals surface area contributed by atoms with Crippen molar-refractivity contribution in [3.63, 3.8) is 0 Å². The summed E-state index contributed by atoms with van der Waals surface area (Å²) in [6.45, 7) is 2.42. The first kappa shape index (κ1) is 25.3. The fraction of sp³-hybridized carbons (Fsp3) is 0.261. The van der Waals surface area contributed by atoms with Crippen LogP contribution in [0.25, 0.3) is 11.3 Å². The van der Waals surface area contributed by atoms with Crippen LogP contribution in [-0.2, 0) is 24.3 Å². The number of carbonyl (C=O) groups excluding carboxylic acids is 2. The summed E-state index contributed by atoms with van der Waals surface area (Å²) in [5, 5.41) is 4.77. The van der Waals surface area contributed by atoms with Gasteiger partial charge < -0.3 is 9.47 Å². The van der Waals surface area contributed by atoms with Crippen LogP contribution in [0.2, 0.25) is 5.02 Å². The Bertz CT molecular complexity index is 1340. The van der Waals surface area contributed by atoms with Gasteiger partial charge in [0.05, 0.1) is 34.4 Å². The average Bonchev–Trinajstić information content (AvgIpc) is 3.32. The first-order chi connectivity index (χ1) is 16.7. The van der Waals surface area contributed by atoms with Gasteiger partial charge in [0.15, 0.2) is 11.7 Å². The van der Waals surface area contributed by atoms with Crippen molar-refractivity contribution in [2.45, 2.75) is 11.8 Å². The lowest BCUT2D eigenvalue weighted by Crippen LogP contribution is -2.40. The van der Waals surface area contributed by atoms with Crippen molar-refractivity contribution >= 4 is 50.0 Å². The highest BCUT2D eigenvalue weighted by atomic mass is 35.5. The molecule has 1 aromatic heterocycles. The number of thiazole rings is 1. The van der Waals surface area contributed by atoms with E-state index in [4.69, 9.17) is 21.1 Å². The number of halogens is 1. The monoisotopic (exact) mass is 535 g/mol. The number of sulfonamides is 1. The van der Waals surface area contributed by atoms with Gasteiger partial charge >= 0.3 is 5.97 Å². The number of nitrogens with one attached hydrogen (secondary N) is 1. The molecule has 1 amide bonds. The van der Waals surface area contributed by atoms with Crippen LogP contribution in [-0.4, -0.2) is 62.5 Å². The number of esters is 1. The number of hydrogen-bond donors (Lipinski definition) is 1. The SMILES string of the molecule is Cc1ccc(-c2csc(NC(=O)COC(=O)c3cc(S(=O)(=O)N4CCOCC4)ccc3Cl)n2)cc1. The Balaban J connectivity index is 1.38. The van der Waals surface area contributed by atoms with E-state index in [1.54, 1.807) is 0 Å². The molecule has 2 aromatic carbocycles. The molecule has 0 aliphatic carbocycles. The van der Waals surface area contributed by atoms with E-state index in [1.807, 2.05) is 36.6 Å². The van der Waals surface area contributed by atoms with Gasteiger partial charge in [-0.05, 0) is 25.1 Å². The summed E-state index contributed by atoms with van der Waals surface area (Å²) in [7, 11) is -3.83. The van der Waals surface area contributed by atoms with E-state index in [1.165, 1.54) is 27.8 Å². The predicted octanol–water partition coefficient (Wildman–Crippen LogP) is 3.59. The van der Waals surface area contributed by atoms with Crippen molar-refractivity contribution in [3.8, 4) is 11.3 Å². The minimum Gasteiger partial charge on any atom is -0.452 e. The van der Waals surface area contributed by atoms with Crippen LogP contribution >= 0.6 is 22.9 Å². The number of rotatable bonds is 7. The molecule has 1 saturated heterocycles. The second-order valence-electron chi connectivity index (χ2n) is 7.69. The molecule has 1 fully saturated rings. The van der Waals surface area contributed by atoms with Crippen LogP contribution in [0.4, 0.5) is 5.13 Å². The van der Waals surface area contributed by atoms with Gasteiger partial charge in [0.2, 0.25) is 10.0 Å². The highest BCUT2D eigenvalue weighted by Crippen LogP contribution is 2.26. The fourth-order valence-electron chi connectivity index (χ4n) is 3.31. The molecule has 0 spiro atoms. The Labute approximate surface area is 211 Å². The zero-order chi connectivity index (χ0) is 25.0. The molecule has 9 nitrogen and oxygen atoms in total. The Hall–Kier alpha value is -2.83. The van der Waals surface area contributed by atoms with Crippen LogP contribution < -0.4 is 5.32 Å². The number of carbonyl (C=O) groups is 2. The molecule has 35 heavy (non-hydrogen) atoms. The van der Waals surface area contributed by atoms with E-state index in [0.29, 0.717) is 24.0 Å². The molecule has 0 bridgehead atoms. The van der Waals surface area contributed by atoms with Crippen molar-refractivity contribution in [2.24, 2.45) is 0 Å². The topological polar surface area (TPSA) is 115 Å². The van der Waals surface area contributed by atoms with Crippen LogP contribution in [0.3, 0.4) is 0 Å². The zero-order valence-electron chi connectivity index (χ0n) is 18.7. The summed E-state index contributed by atoms with van der Waals surface area (Å²) in [4.78, 5) is 29.1. The Kier molecular flexibility index (Phi) is 7.82. The standard InChI is InChI=1S/C23H22ClN3O6S2/c1-15-2-4-16(5-3-15)20-14-34-23(25-20)26-21(28)13-33-22(29)18-12-17(6-7-19(18)24)35(30,31)27-8-10-32-11-9-27/h2-7,12,14H,8-11,13H2,1H3,(H,25,26,28). The van der Waals surface area contributed by atoms with E-state index in [-0.39, 0.29) is 28.6 Å². The molecule has 12 heteroatoms. The molecule has 0 saturated carbocycles. The van der Waals surface area contributed by atoms with E-state index < -0.39 is 28.5 Å². The lowest BCUT2D eigenvalue weighted by atomic mass is 10.1. The largest absolute Gasteiger partial charge is 0.452 e. The van der Waals surface area contributed by atoms with Gasteiger partial charge in [0, 0.05) is 24.0 Å². The summed E-state index contributed by atoms with van der Waals surface area (Å²) in [6.07, 6.45) is 0. The highest BCUT2D eigenvalue weighted by Gasteiger charge is 2.28. The molecule has 1 N–H and O–H groups in total. The maximum Gasteiger partial charge on any atom is 0.340 e. The quantitative estimate of drug-likeness (QED) is 0.460. The molecule has 1 aliphatic rings. The third-order valence-corrected chi connectivity index (χ3v) is 8.18. The van der Waals surface area contributed by atoms with Crippen molar-refractivity contribution < 1.29 is 27.5 Å². The van der Waals surface area contributed by atoms with Crippen molar-refractivity contribution in [3.05, 3.63) is 64.0 Å². The number of aryl methyl sites for hydroxylation is 1. The number of morpholine rings is 1. The summed E-state index contributed by atoms with van der Waals surface area (Å²) < 4.78 is 37.3. The third kappa shape index (κ3) is 6.06. The number of anilines is 1. The van der Waals surface area contributed by atoms with Gasteiger partial charge in [-0.2, -0.15) is 4.31 Å². The Morgan fingerprint density at radius 2 is 1.89 bits per heavy atom. The molecule has 184 valence electrons. The maximum absolute atomic E-state index is 12.9. The summed E-state index contributed by atoms with van der Waals surface area (Å²) in [5.41, 5.74) is 2.61. The van der Waals surface area contributed by atoms with Crippen LogP contribution in [0, 0.1) is 6.92 Å². The Morgan fingerprint density at radius 1 is 1.17 bits per heavy atom. The minimum atomic E-state index is -3.83. The summed E-state index contributed by atoms with van der Waals surface area (Å²) >= 11 is 7.35. The van der Waals surface area contributed by atoms with Crippen LogP contribution in [0.15, 0.2) is 52.7 Å². The second-order valence-corrected chi connectivity index (χ2v) is 10.9. The number of nitrogens with zero attached hydrogens (tertiary/aromatic N) is 2. The van der Waals surface area contributed by atoms with Gasteiger partial charge in [0.25, 0.3) is 5.91 Å². The Morgan fingerprint density at radius 3 is 2.60 bits per heavy atom. The zero-order valence-corrected chi connectivity index (χ0v) is 21.1. The number of ether oxygens (including phenoxy) is 2. The molecule has 2 heterocycles. The van der Waals surface area contributed by atoms with Crippen LogP contribution in [0.1, 0.15) is 15.9 Å². The average molecular weight is 536 g/mol. The van der Waals surface area contributed by atoms with E-state index >= 15 is 0 Å². The van der Waals surface area contributed by atoms with Crippen molar-refractivity contribution in [1.82, 2.24) is 9.29 Å². The highest BCUT2D eigenvalue weighted by molar-refractivity contribution is 7.89. The molecular weight excluding hydrogens is 514 g/mol. The molecule has 1 aliphatic heterocycles. The summed E-state index contributed by atoms with van der Waals surface area (Å²) in [6, 6.07) is 11.6. The maximum atomic E-state index is 12.9. The molecule has 0 unspecified atom stereocenters. The lowest BCUT2D eigenvalue weighted by Gasteiger charge is -2.26. The first-order valence-electron chi connectivity index (χ1n) is 10.6. The number of benzene rings is 2. The van der Waals surface area contributed by atoms with Crippen molar-refractivity contribution in [2.75, 3.05) is 38.2 Å². The smallest absolute Gasteiger partial charge is 0.340 e. The number of aromatic nitrogens is 1. The lowest BCUT2D eigenvalue weighted by molar-refractivity contribution is -0.119. The molecular formula is C23H22ClN3O6S2. The van der Waals surface area contributed by atoms with Gasteiger partial charge in [0.1, 0.15) is 0 Å². The second kappa shape index (κ2) is 10.8. The predicted molar refractivity (Wildman–Crippen MR) is 132 cm³/mol. The number of hydrogen-bond acceptors (Lipinski definition) is 8. The van der Waals surface area contributed by atoms with Crippen LogP contribution in [0.5, 0.6) is 0 Å². The minimum absolute atomic E-state index is 0.0130. The van der Waals surface area contributed by atoms with Gasteiger partial charge in [-0.25, -0.2) is 18.2 Å². The van der Waals surface area contributed by atoms with Gasteiger partial charge in [-0.1, -0.05) is 41.4 Å².